The molecule has 5 nitrogen and oxygen atoms in total. The molecule has 0 aliphatic carbocycles. The molecule has 1 aliphatic heterocycles. The van der Waals surface area contributed by atoms with E-state index in [9.17, 15) is 9.90 Å². The van der Waals surface area contributed by atoms with Crippen molar-refractivity contribution in [1.82, 2.24) is 4.40 Å². The van der Waals surface area contributed by atoms with Gasteiger partial charge in [-0.3, -0.25) is 4.99 Å². The number of hydrogen-bond donors (Lipinski definition) is 2. The molecule has 0 spiro atoms. The van der Waals surface area contributed by atoms with Crippen molar-refractivity contribution in [3.8, 4) is 0 Å². The topological polar surface area (TPSA) is 66.1 Å². The van der Waals surface area contributed by atoms with Gasteiger partial charge < -0.3 is 14.8 Å². The van der Waals surface area contributed by atoms with Crippen LogP contribution in [0.3, 0.4) is 0 Å². The fourth-order valence-electron chi connectivity index (χ4n) is 3.06. The van der Waals surface area contributed by atoms with Crippen molar-refractivity contribution < 1.29 is 9.90 Å². The molecular weight excluding hydrogens is 314 g/mol. The monoisotopic (exact) mass is 331 g/mol. The predicted molar refractivity (Wildman–Crippen MR) is 98.5 cm³/mol. The molecule has 1 atom stereocenters. The molecular formula is C20H17N3O2. The zero-order valence-corrected chi connectivity index (χ0v) is 13.5. The van der Waals surface area contributed by atoms with Crippen molar-refractivity contribution in [2.24, 2.45) is 4.99 Å². The first-order valence-electron chi connectivity index (χ1n) is 8.08. The fourth-order valence-corrected chi connectivity index (χ4v) is 3.06. The Morgan fingerprint density at radius 3 is 2.72 bits per heavy atom. The number of benzene rings is 1. The molecule has 0 bridgehead atoms. The van der Waals surface area contributed by atoms with Gasteiger partial charge in [0.25, 0.3) is 0 Å². The van der Waals surface area contributed by atoms with E-state index in [4.69, 9.17) is 0 Å². The molecule has 3 aromatic rings. The van der Waals surface area contributed by atoms with E-state index in [1.54, 1.807) is 10.6 Å². The summed E-state index contributed by atoms with van der Waals surface area (Å²) in [6.07, 6.45) is 7.54. The number of aromatic carboxylic acids is 1. The lowest BCUT2D eigenvalue weighted by Gasteiger charge is -2.12. The van der Waals surface area contributed by atoms with Crippen LogP contribution in [0.1, 0.15) is 27.5 Å². The van der Waals surface area contributed by atoms with Crippen molar-refractivity contribution in [2.75, 3.05) is 5.32 Å². The molecule has 1 aromatic carbocycles. The number of hydrogen-bond acceptors (Lipinski definition) is 3. The summed E-state index contributed by atoms with van der Waals surface area (Å²) in [7, 11) is 0. The van der Waals surface area contributed by atoms with Gasteiger partial charge in [0.15, 0.2) is 5.69 Å². The van der Waals surface area contributed by atoms with Crippen LogP contribution in [0, 0.1) is 0 Å². The van der Waals surface area contributed by atoms with E-state index < -0.39 is 5.97 Å². The molecule has 2 aromatic heterocycles. The third-order valence-corrected chi connectivity index (χ3v) is 4.37. The van der Waals surface area contributed by atoms with Crippen molar-refractivity contribution in [2.45, 2.75) is 12.5 Å². The number of carboxylic acids is 1. The maximum Gasteiger partial charge on any atom is 0.355 e. The smallest absolute Gasteiger partial charge is 0.355 e. The zero-order valence-electron chi connectivity index (χ0n) is 13.5. The van der Waals surface area contributed by atoms with Gasteiger partial charge in [0.05, 0.1) is 5.69 Å². The van der Waals surface area contributed by atoms with Crippen LogP contribution in [-0.2, 0) is 6.54 Å². The second-order valence-corrected chi connectivity index (χ2v) is 5.96. The molecule has 1 unspecified atom stereocenters. The standard InChI is InChI=1S/C20H17N3O2/c24-20(25)19-18(8-7-17-2-1-11-23(17)19)22-12-14-3-5-15(6-4-14)16-9-10-21-13-16/h1-11,13,16,22H,12H2,(H,24,25). The molecule has 2 N–H and O–H groups in total. The first-order valence-corrected chi connectivity index (χ1v) is 8.08. The van der Waals surface area contributed by atoms with E-state index >= 15 is 0 Å². The van der Waals surface area contributed by atoms with E-state index in [1.807, 2.05) is 36.7 Å². The number of nitrogens with one attached hydrogen (secondary N) is 1. The molecule has 0 fully saturated rings. The van der Waals surface area contributed by atoms with Gasteiger partial charge in [0.2, 0.25) is 0 Å². The van der Waals surface area contributed by atoms with Gasteiger partial charge in [-0.05, 0) is 35.4 Å². The Balaban J connectivity index is 1.54. The number of nitrogens with zero attached hydrogens (tertiary/aromatic N) is 2. The van der Waals surface area contributed by atoms with Crippen molar-refractivity contribution in [3.05, 3.63) is 83.8 Å². The van der Waals surface area contributed by atoms with Gasteiger partial charge in [-0.2, -0.15) is 0 Å². The van der Waals surface area contributed by atoms with E-state index in [-0.39, 0.29) is 11.6 Å². The minimum atomic E-state index is -0.952. The van der Waals surface area contributed by atoms with Gasteiger partial charge in [0.1, 0.15) is 0 Å². The Bertz CT molecular complexity index is 972. The Kier molecular flexibility index (Phi) is 3.82. The Labute approximate surface area is 145 Å². The number of rotatable bonds is 5. The molecule has 1 aliphatic rings. The first kappa shape index (κ1) is 15.2. The zero-order chi connectivity index (χ0) is 17.2. The second-order valence-electron chi connectivity index (χ2n) is 5.96. The number of aromatic nitrogens is 1. The molecule has 124 valence electrons. The van der Waals surface area contributed by atoms with Crippen LogP contribution in [0.15, 0.2) is 72.0 Å². The summed E-state index contributed by atoms with van der Waals surface area (Å²) in [4.78, 5) is 15.8. The fraction of sp³-hybridized carbons (Fsp3) is 0.100. The summed E-state index contributed by atoms with van der Waals surface area (Å²) < 4.78 is 1.68. The minimum Gasteiger partial charge on any atom is -0.476 e. The highest BCUT2D eigenvalue weighted by Gasteiger charge is 2.14. The summed E-state index contributed by atoms with van der Waals surface area (Å²) in [6, 6.07) is 15.7. The molecule has 0 saturated heterocycles. The van der Waals surface area contributed by atoms with Crippen LogP contribution in [-0.4, -0.2) is 21.7 Å². The van der Waals surface area contributed by atoms with Gasteiger partial charge in [-0.1, -0.05) is 30.3 Å². The van der Waals surface area contributed by atoms with E-state index in [0.717, 1.165) is 11.1 Å². The number of allylic oxidation sites excluding steroid dienone is 1. The van der Waals surface area contributed by atoms with Crippen molar-refractivity contribution in [1.29, 1.82) is 0 Å². The highest BCUT2D eigenvalue weighted by atomic mass is 16.4. The molecule has 4 rings (SSSR count). The average Bonchev–Trinajstić information content (AvgIpc) is 3.31. The lowest BCUT2D eigenvalue weighted by molar-refractivity contribution is 0.0690. The number of pyridine rings is 1. The van der Waals surface area contributed by atoms with Gasteiger partial charge >= 0.3 is 5.97 Å². The molecule has 25 heavy (non-hydrogen) atoms. The van der Waals surface area contributed by atoms with Gasteiger partial charge in [0, 0.05) is 36.6 Å². The number of carboxylic acid groups (broad SMARTS) is 1. The maximum atomic E-state index is 11.7. The predicted octanol–water partition coefficient (Wildman–Crippen LogP) is 3.93. The summed E-state index contributed by atoms with van der Waals surface area (Å²) in [5, 5.41) is 12.8. The van der Waals surface area contributed by atoms with E-state index in [0.29, 0.717) is 12.2 Å². The van der Waals surface area contributed by atoms with Gasteiger partial charge in [-0.25, -0.2) is 4.79 Å². The second kappa shape index (κ2) is 6.28. The molecule has 0 radical (unpaired) electrons. The van der Waals surface area contributed by atoms with E-state index in [2.05, 4.69) is 40.7 Å². The lowest BCUT2D eigenvalue weighted by Crippen LogP contribution is -2.11. The van der Waals surface area contributed by atoms with E-state index in [1.165, 1.54) is 5.56 Å². The number of fused-ring (bicyclic) bond motifs is 1. The number of anilines is 1. The highest BCUT2D eigenvalue weighted by molar-refractivity contribution is 5.93. The van der Waals surface area contributed by atoms with Crippen LogP contribution < -0.4 is 5.32 Å². The Morgan fingerprint density at radius 1 is 1.16 bits per heavy atom. The maximum absolute atomic E-state index is 11.7. The van der Waals surface area contributed by atoms with Gasteiger partial charge in [-0.15, -0.1) is 0 Å². The number of carbonyl (C=O) groups is 1. The Morgan fingerprint density at radius 2 is 2.00 bits per heavy atom. The van der Waals surface area contributed by atoms with Crippen LogP contribution in [0.25, 0.3) is 5.52 Å². The SMILES string of the molecule is O=C(O)c1c(NCc2ccc(C3C=CN=C3)cc2)ccc2cccn12. The van der Waals surface area contributed by atoms with Crippen LogP contribution in [0.5, 0.6) is 0 Å². The summed E-state index contributed by atoms with van der Waals surface area (Å²) in [5.74, 6) is -0.705. The third-order valence-electron chi connectivity index (χ3n) is 4.37. The normalized spacial score (nSPS) is 15.8. The molecule has 0 amide bonds. The molecule has 0 saturated carbocycles. The highest BCUT2D eigenvalue weighted by Crippen LogP contribution is 2.22. The minimum absolute atomic E-state index is 0.242. The lowest BCUT2D eigenvalue weighted by atomic mass is 10.00. The van der Waals surface area contributed by atoms with Crippen LogP contribution in [0.2, 0.25) is 0 Å². The average molecular weight is 331 g/mol. The third kappa shape index (κ3) is 2.92. The summed E-state index contributed by atoms with van der Waals surface area (Å²) >= 11 is 0. The summed E-state index contributed by atoms with van der Waals surface area (Å²) in [5.41, 5.74) is 3.99. The quantitative estimate of drug-likeness (QED) is 0.744. The van der Waals surface area contributed by atoms with Crippen LogP contribution >= 0.6 is 0 Å². The summed E-state index contributed by atoms with van der Waals surface area (Å²) in [6.45, 7) is 0.557. The number of aliphatic imine (C=N–C) groups is 1. The Hall–Kier alpha value is -3.34. The first-order chi connectivity index (χ1) is 12.2. The van der Waals surface area contributed by atoms with Crippen LogP contribution in [0.4, 0.5) is 5.69 Å². The molecule has 5 heteroatoms. The molecule has 3 heterocycles. The van der Waals surface area contributed by atoms with Crippen molar-refractivity contribution in [3.63, 3.8) is 0 Å². The van der Waals surface area contributed by atoms with Crippen molar-refractivity contribution >= 4 is 23.4 Å². The largest absolute Gasteiger partial charge is 0.476 e.